The highest BCUT2D eigenvalue weighted by Crippen LogP contribution is 2.30. The highest BCUT2D eigenvalue weighted by Gasteiger charge is 2.16. The van der Waals surface area contributed by atoms with E-state index in [1.54, 1.807) is 7.11 Å². The van der Waals surface area contributed by atoms with Crippen molar-refractivity contribution < 1.29 is 4.74 Å². The van der Waals surface area contributed by atoms with Crippen LogP contribution in [0.15, 0.2) is 30.6 Å². The van der Waals surface area contributed by atoms with Crippen LogP contribution in [0.2, 0.25) is 0 Å². The highest BCUT2D eigenvalue weighted by atomic mass is 16.5. The third kappa shape index (κ3) is 3.49. The van der Waals surface area contributed by atoms with E-state index >= 15 is 0 Å². The average molecular weight is 286 g/mol. The number of benzene rings is 1. The molecule has 0 fully saturated rings. The molecule has 0 aliphatic heterocycles. The summed E-state index contributed by atoms with van der Waals surface area (Å²) in [7, 11) is 1.62. The molecule has 0 spiro atoms. The molecule has 0 radical (unpaired) electrons. The predicted octanol–water partition coefficient (Wildman–Crippen LogP) is 2.59. The van der Waals surface area contributed by atoms with Gasteiger partial charge in [0.15, 0.2) is 0 Å². The molecule has 2 rings (SSSR count). The van der Waals surface area contributed by atoms with Crippen molar-refractivity contribution in [2.75, 3.05) is 25.1 Å². The standard InChI is InChI=1S/C16H22N4O/c1-12-6-4-7-14(10-12)20(9-5-8-17)15-13(2)16(21-3)19-11-18-15/h4,6-7,10-11H,5,8-9,17H2,1-3H3. The number of aromatic nitrogens is 2. The second-order valence-electron chi connectivity index (χ2n) is 4.96. The normalized spacial score (nSPS) is 10.5. The summed E-state index contributed by atoms with van der Waals surface area (Å²) in [4.78, 5) is 10.8. The van der Waals surface area contributed by atoms with Crippen molar-refractivity contribution in [1.82, 2.24) is 9.97 Å². The van der Waals surface area contributed by atoms with Gasteiger partial charge in [-0.05, 0) is 44.5 Å². The Hall–Kier alpha value is -2.14. The summed E-state index contributed by atoms with van der Waals surface area (Å²) < 4.78 is 5.30. The van der Waals surface area contributed by atoms with Gasteiger partial charge in [-0.1, -0.05) is 12.1 Å². The zero-order valence-electron chi connectivity index (χ0n) is 12.8. The molecule has 1 heterocycles. The van der Waals surface area contributed by atoms with Crippen LogP contribution in [0.25, 0.3) is 0 Å². The molecule has 2 aromatic rings. The van der Waals surface area contributed by atoms with Gasteiger partial charge in [0, 0.05) is 12.2 Å². The van der Waals surface area contributed by atoms with Gasteiger partial charge in [-0.25, -0.2) is 9.97 Å². The predicted molar refractivity (Wildman–Crippen MR) is 85.2 cm³/mol. The summed E-state index contributed by atoms with van der Waals surface area (Å²) in [5.41, 5.74) is 8.92. The number of methoxy groups -OCH3 is 1. The molecule has 0 amide bonds. The smallest absolute Gasteiger partial charge is 0.221 e. The maximum atomic E-state index is 5.67. The van der Waals surface area contributed by atoms with E-state index in [4.69, 9.17) is 10.5 Å². The van der Waals surface area contributed by atoms with Crippen molar-refractivity contribution in [2.24, 2.45) is 5.73 Å². The van der Waals surface area contributed by atoms with Crippen molar-refractivity contribution in [3.63, 3.8) is 0 Å². The van der Waals surface area contributed by atoms with Gasteiger partial charge in [0.1, 0.15) is 12.1 Å². The van der Waals surface area contributed by atoms with Crippen LogP contribution in [-0.4, -0.2) is 30.2 Å². The van der Waals surface area contributed by atoms with Crippen LogP contribution < -0.4 is 15.4 Å². The van der Waals surface area contributed by atoms with E-state index in [0.29, 0.717) is 12.4 Å². The molecule has 1 aromatic carbocycles. The number of anilines is 2. The molecule has 2 N–H and O–H groups in total. The lowest BCUT2D eigenvalue weighted by Crippen LogP contribution is -2.23. The second kappa shape index (κ2) is 7.04. The molecule has 0 saturated heterocycles. The Morgan fingerprint density at radius 2 is 2.05 bits per heavy atom. The Morgan fingerprint density at radius 3 is 2.71 bits per heavy atom. The quantitative estimate of drug-likeness (QED) is 0.884. The van der Waals surface area contributed by atoms with Crippen LogP contribution in [0.4, 0.5) is 11.5 Å². The maximum absolute atomic E-state index is 5.67. The van der Waals surface area contributed by atoms with E-state index in [0.717, 1.165) is 30.0 Å². The van der Waals surface area contributed by atoms with Crippen molar-refractivity contribution in [1.29, 1.82) is 0 Å². The fourth-order valence-corrected chi connectivity index (χ4v) is 2.31. The zero-order chi connectivity index (χ0) is 15.2. The Labute approximate surface area is 125 Å². The van der Waals surface area contributed by atoms with Gasteiger partial charge in [-0.2, -0.15) is 0 Å². The molecule has 0 unspecified atom stereocenters. The third-order valence-electron chi connectivity index (χ3n) is 3.36. The first-order chi connectivity index (χ1) is 10.2. The van der Waals surface area contributed by atoms with Crippen molar-refractivity contribution in [3.8, 4) is 5.88 Å². The molecule has 1 aromatic heterocycles. The van der Waals surface area contributed by atoms with Crippen molar-refractivity contribution in [2.45, 2.75) is 20.3 Å². The molecule has 112 valence electrons. The van der Waals surface area contributed by atoms with Gasteiger partial charge in [-0.3, -0.25) is 0 Å². The molecule has 5 heteroatoms. The summed E-state index contributed by atoms with van der Waals surface area (Å²) in [5, 5.41) is 0. The first-order valence-corrected chi connectivity index (χ1v) is 7.07. The molecule has 5 nitrogen and oxygen atoms in total. The number of nitrogens with zero attached hydrogens (tertiary/aromatic N) is 3. The molecule has 0 aliphatic carbocycles. The van der Waals surface area contributed by atoms with Crippen LogP contribution in [0.5, 0.6) is 5.88 Å². The van der Waals surface area contributed by atoms with Gasteiger partial charge in [-0.15, -0.1) is 0 Å². The van der Waals surface area contributed by atoms with Gasteiger partial charge >= 0.3 is 0 Å². The van der Waals surface area contributed by atoms with Crippen LogP contribution in [0.1, 0.15) is 17.5 Å². The van der Waals surface area contributed by atoms with Crippen LogP contribution in [0, 0.1) is 13.8 Å². The van der Waals surface area contributed by atoms with Gasteiger partial charge < -0.3 is 15.4 Å². The SMILES string of the molecule is COc1ncnc(N(CCCN)c2cccc(C)c2)c1C. The van der Waals surface area contributed by atoms with E-state index < -0.39 is 0 Å². The third-order valence-corrected chi connectivity index (χ3v) is 3.36. The van der Waals surface area contributed by atoms with E-state index in [1.165, 1.54) is 11.9 Å². The van der Waals surface area contributed by atoms with Crippen LogP contribution in [-0.2, 0) is 0 Å². The number of hydrogen-bond acceptors (Lipinski definition) is 5. The van der Waals surface area contributed by atoms with Gasteiger partial charge in [0.2, 0.25) is 5.88 Å². The Morgan fingerprint density at radius 1 is 1.24 bits per heavy atom. The van der Waals surface area contributed by atoms with E-state index in [9.17, 15) is 0 Å². The fourth-order valence-electron chi connectivity index (χ4n) is 2.31. The van der Waals surface area contributed by atoms with E-state index in [-0.39, 0.29) is 0 Å². The summed E-state index contributed by atoms with van der Waals surface area (Å²) in [5.74, 6) is 1.46. The minimum absolute atomic E-state index is 0.602. The zero-order valence-corrected chi connectivity index (χ0v) is 12.8. The number of aryl methyl sites for hydroxylation is 1. The van der Waals surface area contributed by atoms with Gasteiger partial charge in [0.25, 0.3) is 0 Å². The monoisotopic (exact) mass is 286 g/mol. The largest absolute Gasteiger partial charge is 0.481 e. The van der Waals surface area contributed by atoms with E-state index in [1.807, 2.05) is 13.0 Å². The molecule has 0 bridgehead atoms. The van der Waals surface area contributed by atoms with Crippen molar-refractivity contribution in [3.05, 3.63) is 41.7 Å². The Balaban J connectivity index is 2.45. The highest BCUT2D eigenvalue weighted by molar-refractivity contribution is 5.64. The Bertz CT molecular complexity index is 601. The summed E-state index contributed by atoms with van der Waals surface area (Å²) >= 11 is 0. The first-order valence-electron chi connectivity index (χ1n) is 7.07. The number of ether oxygens (including phenoxy) is 1. The topological polar surface area (TPSA) is 64.3 Å². The van der Waals surface area contributed by atoms with Gasteiger partial charge in [0.05, 0.1) is 12.7 Å². The number of rotatable bonds is 6. The molecule has 21 heavy (non-hydrogen) atoms. The molecule has 0 saturated carbocycles. The molecule has 0 aliphatic rings. The van der Waals surface area contributed by atoms with Crippen LogP contribution >= 0.6 is 0 Å². The van der Waals surface area contributed by atoms with Crippen molar-refractivity contribution >= 4 is 11.5 Å². The van der Waals surface area contributed by atoms with E-state index in [2.05, 4.69) is 40.0 Å². The Kier molecular flexibility index (Phi) is 5.11. The number of nitrogens with two attached hydrogens (primary N) is 1. The second-order valence-corrected chi connectivity index (χ2v) is 4.96. The first kappa shape index (κ1) is 15.3. The lowest BCUT2D eigenvalue weighted by molar-refractivity contribution is 0.393. The maximum Gasteiger partial charge on any atom is 0.221 e. The lowest BCUT2D eigenvalue weighted by atomic mass is 10.2. The average Bonchev–Trinajstić information content (AvgIpc) is 2.49. The summed E-state index contributed by atoms with van der Waals surface area (Å²) in [6.45, 7) is 5.50. The minimum atomic E-state index is 0.602. The molecule has 0 atom stereocenters. The van der Waals surface area contributed by atoms with Crippen LogP contribution in [0.3, 0.4) is 0 Å². The molecular formula is C16H22N4O. The summed E-state index contributed by atoms with van der Waals surface area (Å²) in [6.07, 6.45) is 2.42. The molecular weight excluding hydrogens is 264 g/mol. The minimum Gasteiger partial charge on any atom is -0.481 e. The lowest BCUT2D eigenvalue weighted by Gasteiger charge is -2.25. The summed E-state index contributed by atoms with van der Waals surface area (Å²) in [6, 6.07) is 8.36. The number of hydrogen-bond donors (Lipinski definition) is 1. The fraction of sp³-hybridized carbons (Fsp3) is 0.375.